The fraction of sp³-hybridized carbons (Fsp3) is 0.571. The summed E-state index contributed by atoms with van der Waals surface area (Å²) in [6.45, 7) is 3.46. The van der Waals surface area contributed by atoms with E-state index in [2.05, 4.69) is 42.4 Å². The Morgan fingerprint density at radius 1 is 1.41 bits per heavy atom. The van der Waals surface area contributed by atoms with Crippen molar-refractivity contribution in [1.82, 2.24) is 5.32 Å². The molecule has 0 saturated carbocycles. The van der Waals surface area contributed by atoms with Gasteiger partial charge in [-0.2, -0.15) is 0 Å². The Kier molecular flexibility index (Phi) is 3.05. The largest absolute Gasteiger partial charge is 0.374 e. The van der Waals surface area contributed by atoms with Crippen LogP contribution in [0.5, 0.6) is 0 Å². The molecule has 1 saturated heterocycles. The van der Waals surface area contributed by atoms with Gasteiger partial charge in [0, 0.05) is 31.1 Å². The van der Waals surface area contributed by atoms with Crippen LogP contribution in [0.4, 0.5) is 5.69 Å². The van der Waals surface area contributed by atoms with Crippen molar-refractivity contribution >= 4 is 17.4 Å². The topological polar surface area (TPSA) is 15.3 Å². The lowest BCUT2D eigenvalue weighted by atomic mass is 9.99. The van der Waals surface area contributed by atoms with Crippen molar-refractivity contribution in [2.24, 2.45) is 0 Å². The maximum Gasteiger partial charge on any atom is 0.0792 e. The molecule has 2 unspecified atom stereocenters. The van der Waals surface area contributed by atoms with Crippen LogP contribution >= 0.6 is 11.8 Å². The lowest BCUT2D eigenvalue weighted by Gasteiger charge is -2.28. The van der Waals surface area contributed by atoms with Gasteiger partial charge in [-0.15, -0.1) is 11.8 Å². The second-order valence-corrected chi connectivity index (χ2v) is 6.33. The average Bonchev–Trinajstić information content (AvgIpc) is 2.76. The molecule has 1 N–H and O–H groups in total. The van der Waals surface area contributed by atoms with E-state index in [1.165, 1.54) is 42.0 Å². The fourth-order valence-corrected chi connectivity index (χ4v) is 4.00. The number of benzene rings is 1. The SMILES string of the molecule is CC1CSC(c2ccc3c(c2)CCCN3C)N1. The number of hydrogen-bond donors (Lipinski definition) is 1. The van der Waals surface area contributed by atoms with E-state index in [1.54, 1.807) is 0 Å². The van der Waals surface area contributed by atoms with E-state index >= 15 is 0 Å². The van der Waals surface area contributed by atoms with E-state index in [0.29, 0.717) is 11.4 Å². The molecule has 1 aromatic rings. The van der Waals surface area contributed by atoms with Crippen LogP contribution in [0.2, 0.25) is 0 Å². The molecule has 2 aliphatic heterocycles. The fourth-order valence-electron chi connectivity index (χ4n) is 2.76. The molecule has 2 heterocycles. The number of anilines is 1. The summed E-state index contributed by atoms with van der Waals surface area (Å²) in [4.78, 5) is 2.38. The molecule has 1 fully saturated rings. The minimum Gasteiger partial charge on any atom is -0.374 e. The van der Waals surface area contributed by atoms with Gasteiger partial charge in [0.05, 0.1) is 5.37 Å². The predicted octanol–water partition coefficient (Wildman–Crippen LogP) is 2.79. The molecule has 1 aromatic carbocycles. The first-order chi connectivity index (χ1) is 8.24. The summed E-state index contributed by atoms with van der Waals surface area (Å²) in [5.74, 6) is 1.22. The van der Waals surface area contributed by atoms with Gasteiger partial charge in [0.2, 0.25) is 0 Å². The van der Waals surface area contributed by atoms with Crippen molar-refractivity contribution < 1.29 is 0 Å². The Balaban J connectivity index is 1.88. The van der Waals surface area contributed by atoms with Crippen LogP contribution in [-0.2, 0) is 6.42 Å². The molecule has 3 heteroatoms. The molecule has 0 aromatic heterocycles. The normalized spacial score (nSPS) is 28.2. The number of nitrogens with one attached hydrogen (secondary N) is 1. The van der Waals surface area contributed by atoms with Gasteiger partial charge in [-0.05, 0) is 37.0 Å². The summed E-state index contributed by atoms with van der Waals surface area (Å²) >= 11 is 2.03. The van der Waals surface area contributed by atoms with Gasteiger partial charge in [0.1, 0.15) is 0 Å². The Morgan fingerprint density at radius 2 is 2.29 bits per heavy atom. The first kappa shape index (κ1) is 11.4. The van der Waals surface area contributed by atoms with Crippen LogP contribution in [-0.4, -0.2) is 25.4 Å². The minimum absolute atomic E-state index is 0.502. The number of fused-ring (bicyclic) bond motifs is 1. The van der Waals surface area contributed by atoms with Crippen LogP contribution in [0.3, 0.4) is 0 Å². The third-order valence-corrected chi connectivity index (χ3v) is 5.14. The smallest absolute Gasteiger partial charge is 0.0792 e. The zero-order valence-electron chi connectivity index (χ0n) is 10.6. The van der Waals surface area contributed by atoms with E-state index in [0.717, 1.165) is 0 Å². The van der Waals surface area contributed by atoms with Crippen molar-refractivity contribution in [2.75, 3.05) is 24.2 Å². The first-order valence-electron chi connectivity index (χ1n) is 6.45. The third kappa shape index (κ3) is 2.18. The van der Waals surface area contributed by atoms with Gasteiger partial charge < -0.3 is 4.90 Å². The van der Waals surface area contributed by atoms with Crippen LogP contribution < -0.4 is 10.2 Å². The Hall–Kier alpha value is -0.670. The number of aryl methyl sites for hydroxylation is 1. The van der Waals surface area contributed by atoms with Crippen molar-refractivity contribution in [2.45, 2.75) is 31.2 Å². The van der Waals surface area contributed by atoms with Crippen LogP contribution in [0.15, 0.2) is 18.2 Å². The van der Waals surface area contributed by atoms with E-state index in [9.17, 15) is 0 Å². The highest BCUT2D eigenvalue weighted by Crippen LogP contribution is 2.35. The van der Waals surface area contributed by atoms with Gasteiger partial charge >= 0.3 is 0 Å². The molecular formula is C14H20N2S. The molecule has 0 radical (unpaired) electrons. The second-order valence-electron chi connectivity index (χ2n) is 5.19. The van der Waals surface area contributed by atoms with Gasteiger partial charge in [-0.3, -0.25) is 5.32 Å². The van der Waals surface area contributed by atoms with Crippen LogP contribution in [0.1, 0.15) is 29.8 Å². The highest BCUT2D eigenvalue weighted by atomic mass is 32.2. The highest BCUT2D eigenvalue weighted by Gasteiger charge is 2.23. The Labute approximate surface area is 108 Å². The summed E-state index contributed by atoms with van der Waals surface area (Å²) in [6, 6.07) is 7.65. The number of thioether (sulfide) groups is 1. The molecule has 3 rings (SSSR count). The maximum atomic E-state index is 3.64. The van der Waals surface area contributed by atoms with Gasteiger partial charge in [-0.25, -0.2) is 0 Å². The summed E-state index contributed by atoms with van der Waals surface area (Å²) in [5.41, 5.74) is 4.41. The van der Waals surface area contributed by atoms with Crippen molar-refractivity contribution in [3.05, 3.63) is 29.3 Å². The summed E-state index contributed by atoms with van der Waals surface area (Å²) in [5, 5.41) is 4.14. The van der Waals surface area contributed by atoms with E-state index < -0.39 is 0 Å². The predicted molar refractivity (Wildman–Crippen MR) is 75.8 cm³/mol. The molecule has 0 amide bonds. The summed E-state index contributed by atoms with van der Waals surface area (Å²) in [6.07, 6.45) is 2.52. The quantitative estimate of drug-likeness (QED) is 0.823. The molecule has 0 bridgehead atoms. The van der Waals surface area contributed by atoms with E-state index in [4.69, 9.17) is 0 Å². The zero-order valence-corrected chi connectivity index (χ0v) is 11.4. The van der Waals surface area contributed by atoms with Crippen molar-refractivity contribution in [3.8, 4) is 0 Å². The first-order valence-corrected chi connectivity index (χ1v) is 7.50. The molecule has 2 aliphatic rings. The van der Waals surface area contributed by atoms with E-state index in [-0.39, 0.29) is 0 Å². The Morgan fingerprint density at radius 3 is 3.06 bits per heavy atom. The van der Waals surface area contributed by atoms with Crippen molar-refractivity contribution in [3.63, 3.8) is 0 Å². The zero-order chi connectivity index (χ0) is 11.8. The van der Waals surface area contributed by atoms with Gasteiger partial charge in [0.15, 0.2) is 0 Å². The second kappa shape index (κ2) is 4.54. The van der Waals surface area contributed by atoms with Gasteiger partial charge in [0.25, 0.3) is 0 Å². The molecule has 2 nitrogen and oxygen atoms in total. The number of nitrogens with zero attached hydrogens (tertiary/aromatic N) is 1. The molecule has 17 heavy (non-hydrogen) atoms. The van der Waals surface area contributed by atoms with Crippen molar-refractivity contribution in [1.29, 1.82) is 0 Å². The molecule has 0 aliphatic carbocycles. The number of rotatable bonds is 1. The molecule has 2 atom stereocenters. The summed E-state index contributed by atoms with van der Waals surface area (Å²) in [7, 11) is 2.20. The van der Waals surface area contributed by atoms with Gasteiger partial charge in [-0.1, -0.05) is 12.1 Å². The lowest BCUT2D eigenvalue weighted by molar-refractivity contribution is 0.617. The highest BCUT2D eigenvalue weighted by molar-refractivity contribution is 7.99. The standard InChI is InChI=1S/C14H20N2S/c1-10-9-17-14(15-10)12-5-6-13-11(8-12)4-3-7-16(13)2/h5-6,8,10,14-15H,3-4,7,9H2,1-2H3. The lowest BCUT2D eigenvalue weighted by Crippen LogP contribution is -2.25. The van der Waals surface area contributed by atoms with Crippen LogP contribution in [0, 0.1) is 0 Å². The van der Waals surface area contributed by atoms with E-state index in [1.807, 2.05) is 11.8 Å². The summed E-state index contributed by atoms with van der Waals surface area (Å²) < 4.78 is 0. The molecular weight excluding hydrogens is 228 g/mol. The third-order valence-electron chi connectivity index (χ3n) is 3.71. The maximum absolute atomic E-state index is 3.64. The minimum atomic E-state index is 0.502. The molecule has 92 valence electrons. The monoisotopic (exact) mass is 248 g/mol. The van der Waals surface area contributed by atoms with Crippen LogP contribution in [0.25, 0.3) is 0 Å². The molecule has 0 spiro atoms. The number of hydrogen-bond acceptors (Lipinski definition) is 3. The average molecular weight is 248 g/mol. The Bertz CT molecular complexity index is 419.